The third-order valence-electron chi connectivity index (χ3n) is 6.01. The van der Waals surface area contributed by atoms with Crippen molar-refractivity contribution in [3.63, 3.8) is 0 Å². The van der Waals surface area contributed by atoms with Crippen molar-refractivity contribution in [2.75, 3.05) is 41.4 Å². The van der Waals surface area contributed by atoms with Gasteiger partial charge in [0.1, 0.15) is 6.04 Å². The van der Waals surface area contributed by atoms with Gasteiger partial charge in [-0.25, -0.2) is 4.98 Å². The minimum Gasteiger partial charge on any atom is -0.341 e. The number of anilines is 2. The molecule has 1 aromatic heterocycles. The predicted molar refractivity (Wildman–Crippen MR) is 120 cm³/mol. The maximum Gasteiger partial charge on any atom is 0.248 e. The van der Waals surface area contributed by atoms with Crippen LogP contribution < -0.4 is 10.2 Å². The van der Waals surface area contributed by atoms with Gasteiger partial charge in [-0.2, -0.15) is 11.8 Å². The summed E-state index contributed by atoms with van der Waals surface area (Å²) in [5, 5.41) is 3.08. The Morgan fingerprint density at radius 2 is 2.10 bits per heavy atom. The van der Waals surface area contributed by atoms with Gasteiger partial charge in [0.05, 0.1) is 5.69 Å². The van der Waals surface area contributed by atoms with Crippen molar-refractivity contribution in [1.29, 1.82) is 0 Å². The normalized spacial score (nSPS) is 21.8. The summed E-state index contributed by atoms with van der Waals surface area (Å²) in [5.74, 6) is 2.93. The van der Waals surface area contributed by atoms with Crippen LogP contribution in [0.4, 0.5) is 11.5 Å². The minimum atomic E-state index is -0.0768. The lowest BCUT2D eigenvalue weighted by molar-refractivity contribution is -0.117. The molecule has 0 radical (unpaired) electrons. The lowest BCUT2D eigenvalue weighted by atomic mass is 9.98. The number of nitrogens with one attached hydrogen (secondary N) is 1. The molecule has 1 atom stereocenters. The zero-order valence-electron chi connectivity index (χ0n) is 16.7. The molecule has 1 aromatic carbocycles. The van der Waals surface area contributed by atoms with Crippen LogP contribution in [-0.2, 0) is 11.3 Å². The van der Waals surface area contributed by atoms with Crippen LogP contribution in [0.1, 0.15) is 23.1 Å². The molecule has 150 valence electrons. The number of pyridine rings is 1. The van der Waals surface area contributed by atoms with Crippen LogP contribution >= 0.6 is 11.8 Å². The molecule has 1 N–H and O–H groups in total. The molecule has 1 saturated heterocycles. The van der Waals surface area contributed by atoms with E-state index in [0.29, 0.717) is 0 Å². The van der Waals surface area contributed by atoms with E-state index in [0.717, 1.165) is 61.2 Å². The second-order valence-corrected chi connectivity index (χ2v) is 9.22. The Bertz CT molecular complexity index is 956. The third kappa shape index (κ3) is 3.79. The Morgan fingerprint density at radius 3 is 2.90 bits per heavy atom. The molecule has 1 amide bonds. The SMILES string of the molecule is Cc1ccc(C2=CCN(Cc3cnc4c(c3)NC(=O)C3CSCCN43)CC2)cc1. The van der Waals surface area contributed by atoms with Crippen molar-refractivity contribution < 1.29 is 4.79 Å². The predicted octanol–water partition coefficient (Wildman–Crippen LogP) is 3.55. The molecule has 5 nitrogen and oxygen atoms in total. The summed E-state index contributed by atoms with van der Waals surface area (Å²) in [6.07, 6.45) is 5.39. The molecule has 3 aliphatic heterocycles. The molecule has 6 heteroatoms. The van der Waals surface area contributed by atoms with Crippen molar-refractivity contribution in [2.45, 2.75) is 25.9 Å². The fourth-order valence-corrected chi connectivity index (χ4v) is 5.39. The summed E-state index contributed by atoms with van der Waals surface area (Å²) >= 11 is 1.84. The zero-order chi connectivity index (χ0) is 19.8. The Morgan fingerprint density at radius 1 is 1.24 bits per heavy atom. The van der Waals surface area contributed by atoms with E-state index in [2.05, 4.69) is 58.4 Å². The van der Waals surface area contributed by atoms with Crippen LogP contribution in [0, 0.1) is 6.92 Å². The number of rotatable bonds is 3. The maximum atomic E-state index is 12.5. The summed E-state index contributed by atoms with van der Waals surface area (Å²) < 4.78 is 0. The first-order chi connectivity index (χ1) is 14.2. The number of thioether (sulfide) groups is 1. The molecule has 0 saturated carbocycles. The highest BCUT2D eigenvalue weighted by atomic mass is 32.2. The van der Waals surface area contributed by atoms with Gasteiger partial charge in [0.2, 0.25) is 5.91 Å². The summed E-state index contributed by atoms with van der Waals surface area (Å²) in [6.45, 7) is 5.85. The van der Waals surface area contributed by atoms with Crippen molar-refractivity contribution >= 4 is 34.7 Å². The molecule has 5 rings (SSSR count). The van der Waals surface area contributed by atoms with Crippen LogP contribution in [0.2, 0.25) is 0 Å². The molecule has 3 aliphatic rings. The molecule has 1 fully saturated rings. The number of aryl methyl sites for hydroxylation is 1. The quantitative estimate of drug-likeness (QED) is 0.845. The van der Waals surface area contributed by atoms with Gasteiger partial charge < -0.3 is 10.2 Å². The van der Waals surface area contributed by atoms with E-state index in [1.54, 1.807) is 0 Å². The van der Waals surface area contributed by atoms with E-state index in [1.807, 2.05) is 18.0 Å². The van der Waals surface area contributed by atoms with Gasteiger partial charge in [0, 0.05) is 43.9 Å². The van der Waals surface area contributed by atoms with Crippen molar-refractivity contribution in [3.8, 4) is 0 Å². The van der Waals surface area contributed by atoms with Crippen molar-refractivity contribution in [2.24, 2.45) is 0 Å². The van der Waals surface area contributed by atoms with E-state index in [9.17, 15) is 4.79 Å². The second-order valence-electron chi connectivity index (χ2n) is 8.07. The number of hydrogen-bond acceptors (Lipinski definition) is 5. The standard InChI is InChI=1S/C23H26N4OS/c1-16-2-4-18(5-3-16)19-6-8-26(9-7-19)14-17-12-20-22(24-13-17)27-10-11-29-15-21(27)23(28)25-20/h2-6,12-13,21H,7-11,14-15H2,1H3,(H,25,28). The summed E-state index contributed by atoms with van der Waals surface area (Å²) in [4.78, 5) is 21.8. The molecule has 0 bridgehead atoms. The van der Waals surface area contributed by atoms with E-state index >= 15 is 0 Å². The summed E-state index contributed by atoms with van der Waals surface area (Å²) in [6, 6.07) is 10.8. The lowest BCUT2D eigenvalue weighted by Crippen LogP contribution is -2.53. The molecule has 0 aliphatic carbocycles. The summed E-state index contributed by atoms with van der Waals surface area (Å²) in [7, 11) is 0. The van der Waals surface area contributed by atoms with Gasteiger partial charge in [0.15, 0.2) is 5.82 Å². The van der Waals surface area contributed by atoms with Crippen LogP contribution in [0.15, 0.2) is 42.6 Å². The minimum absolute atomic E-state index is 0.0768. The number of hydrogen-bond donors (Lipinski definition) is 1. The molecule has 29 heavy (non-hydrogen) atoms. The van der Waals surface area contributed by atoms with E-state index < -0.39 is 0 Å². The Labute approximate surface area is 176 Å². The van der Waals surface area contributed by atoms with Gasteiger partial charge in [-0.05, 0) is 36.1 Å². The van der Waals surface area contributed by atoms with Gasteiger partial charge in [-0.1, -0.05) is 35.9 Å². The van der Waals surface area contributed by atoms with Crippen LogP contribution in [0.3, 0.4) is 0 Å². The maximum absolute atomic E-state index is 12.5. The number of benzene rings is 1. The van der Waals surface area contributed by atoms with E-state index in [-0.39, 0.29) is 11.9 Å². The topological polar surface area (TPSA) is 48.5 Å². The smallest absolute Gasteiger partial charge is 0.248 e. The number of carbonyl (C=O) groups excluding carboxylic acids is 1. The van der Waals surface area contributed by atoms with Crippen molar-refractivity contribution in [3.05, 3.63) is 59.3 Å². The highest BCUT2D eigenvalue weighted by Gasteiger charge is 2.35. The Kier molecular flexibility index (Phi) is 5.06. The largest absolute Gasteiger partial charge is 0.341 e. The average Bonchev–Trinajstić information content (AvgIpc) is 2.75. The first-order valence-corrected chi connectivity index (χ1v) is 11.5. The Hall–Kier alpha value is -2.31. The van der Waals surface area contributed by atoms with Gasteiger partial charge in [-0.3, -0.25) is 9.69 Å². The van der Waals surface area contributed by atoms with Crippen molar-refractivity contribution in [1.82, 2.24) is 9.88 Å². The van der Waals surface area contributed by atoms with Crippen LogP contribution in [-0.4, -0.2) is 53.0 Å². The van der Waals surface area contributed by atoms with Gasteiger partial charge in [0.25, 0.3) is 0 Å². The lowest BCUT2D eigenvalue weighted by Gasteiger charge is -2.39. The molecule has 1 unspecified atom stereocenters. The number of amides is 1. The van der Waals surface area contributed by atoms with Crippen LogP contribution in [0.25, 0.3) is 5.57 Å². The first-order valence-electron chi connectivity index (χ1n) is 10.3. The fraction of sp³-hybridized carbons (Fsp3) is 0.391. The second kappa shape index (κ2) is 7.84. The fourth-order valence-electron chi connectivity index (χ4n) is 4.34. The summed E-state index contributed by atoms with van der Waals surface area (Å²) in [5.41, 5.74) is 6.09. The highest BCUT2D eigenvalue weighted by Crippen LogP contribution is 2.34. The number of nitrogens with zero attached hydrogens (tertiary/aromatic N) is 3. The molecule has 2 aromatic rings. The first kappa shape index (κ1) is 18.7. The van der Waals surface area contributed by atoms with E-state index in [4.69, 9.17) is 4.98 Å². The number of fused-ring (bicyclic) bond motifs is 3. The average molecular weight is 407 g/mol. The Balaban J connectivity index is 1.28. The van der Waals surface area contributed by atoms with Crippen LogP contribution in [0.5, 0.6) is 0 Å². The molecule has 0 spiro atoms. The monoisotopic (exact) mass is 406 g/mol. The van der Waals surface area contributed by atoms with Gasteiger partial charge >= 0.3 is 0 Å². The highest BCUT2D eigenvalue weighted by molar-refractivity contribution is 7.99. The third-order valence-corrected chi connectivity index (χ3v) is 7.03. The van der Waals surface area contributed by atoms with E-state index in [1.165, 1.54) is 16.7 Å². The number of aromatic nitrogens is 1. The zero-order valence-corrected chi connectivity index (χ0v) is 17.5. The molecule has 4 heterocycles. The number of carbonyl (C=O) groups is 1. The molecular formula is C23H26N4OS. The van der Waals surface area contributed by atoms with Gasteiger partial charge in [-0.15, -0.1) is 0 Å². The molecular weight excluding hydrogens is 380 g/mol.